The van der Waals surface area contributed by atoms with Gasteiger partial charge < -0.3 is 10.2 Å². The summed E-state index contributed by atoms with van der Waals surface area (Å²) in [5, 5.41) is 3.13. The van der Waals surface area contributed by atoms with Crippen molar-refractivity contribution in [2.75, 3.05) is 13.1 Å². The maximum atomic E-state index is 12.9. The molecule has 0 unspecified atom stereocenters. The third kappa shape index (κ3) is 3.79. The fourth-order valence-electron chi connectivity index (χ4n) is 4.18. The Morgan fingerprint density at radius 3 is 2.69 bits per heavy atom. The lowest BCUT2D eigenvalue weighted by Gasteiger charge is -2.34. The summed E-state index contributed by atoms with van der Waals surface area (Å²) in [6.07, 6.45) is 1.60. The molecule has 4 rings (SSSR count). The summed E-state index contributed by atoms with van der Waals surface area (Å²) in [6, 6.07) is 14.8. The van der Waals surface area contributed by atoms with Crippen LogP contribution in [-0.4, -0.2) is 38.2 Å². The summed E-state index contributed by atoms with van der Waals surface area (Å²) >= 11 is 0. The first-order chi connectivity index (χ1) is 13.9. The highest BCUT2D eigenvalue weighted by Gasteiger charge is 2.35. The Kier molecular flexibility index (Phi) is 5.17. The molecule has 6 nitrogen and oxygen atoms in total. The molecule has 1 fully saturated rings. The Bertz CT molecular complexity index is 1080. The zero-order valence-corrected chi connectivity index (χ0v) is 17.4. The molecular formula is C22H25N3O3S. The van der Waals surface area contributed by atoms with Crippen molar-refractivity contribution in [1.82, 2.24) is 10.2 Å². The highest BCUT2D eigenvalue weighted by molar-refractivity contribution is 7.90. The number of piperidine rings is 1. The van der Waals surface area contributed by atoms with E-state index in [1.54, 1.807) is 18.2 Å². The van der Waals surface area contributed by atoms with Gasteiger partial charge in [-0.1, -0.05) is 36.4 Å². The van der Waals surface area contributed by atoms with Crippen molar-refractivity contribution in [2.45, 2.75) is 37.6 Å². The molecule has 1 amide bonds. The molecule has 2 aromatic carbocycles. The van der Waals surface area contributed by atoms with Crippen molar-refractivity contribution >= 4 is 21.8 Å². The lowest BCUT2D eigenvalue weighted by Crippen LogP contribution is -2.45. The lowest BCUT2D eigenvalue weighted by molar-refractivity contribution is -0.126. The van der Waals surface area contributed by atoms with Crippen LogP contribution in [-0.2, 0) is 14.8 Å². The summed E-state index contributed by atoms with van der Waals surface area (Å²) in [6.45, 7) is 5.19. The van der Waals surface area contributed by atoms with Gasteiger partial charge in [-0.3, -0.25) is 4.79 Å². The van der Waals surface area contributed by atoms with E-state index in [1.807, 2.05) is 49.1 Å². The number of nitrogens with one attached hydrogen (secondary N) is 1. The average molecular weight is 412 g/mol. The standard InChI is InChI=1S/C22H25N3O3S/c1-15-8-3-4-10-18(15)16(2)23-22(26)17-9-7-13-25(14-17)21-19-11-5-6-12-20(19)29(27,28)24-21/h3-6,8,10-12,16-17H,7,9,13-14H2,1-2H3,(H,23,26)/t16-,17+/m0/s1. The number of likely N-dealkylation sites (tertiary alicyclic amines) is 1. The van der Waals surface area contributed by atoms with Crippen molar-refractivity contribution in [3.8, 4) is 0 Å². The Balaban J connectivity index is 1.49. The number of amidine groups is 1. The van der Waals surface area contributed by atoms with E-state index in [2.05, 4.69) is 9.71 Å². The van der Waals surface area contributed by atoms with Crippen molar-refractivity contribution in [3.63, 3.8) is 0 Å². The Labute approximate surface area is 171 Å². The smallest absolute Gasteiger partial charge is 0.285 e. The van der Waals surface area contributed by atoms with Crippen LogP contribution in [0.5, 0.6) is 0 Å². The molecule has 2 aliphatic heterocycles. The second-order valence-corrected chi connectivity index (χ2v) is 9.33. The van der Waals surface area contributed by atoms with Gasteiger partial charge in [-0.15, -0.1) is 4.40 Å². The molecule has 152 valence electrons. The Morgan fingerprint density at radius 2 is 1.90 bits per heavy atom. The molecule has 2 heterocycles. The summed E-state index contributed by atoms with van der Waals surface area (Å²) < 4.78 is 28.7. The van der Waals surface area contributed by atoms with E-state index in [4.69, 9.17) is 0 Å². The third-order valence-electron chi connectivity index (χ3n) is 5.72. The Hall–Kier alpha value is -2.67. The summed E-state index contributed by atoms with van der Waals surface area (Å²) in [4.78, 5) is 15.1. The van der Waals surface area contributed by atoms with E-state index in [9.17, 15) is 13.2 Å². The fourth-order valence-corrected chi connectivity index (χ4v) is 5.41. The van der Waals surface area contributed by atoms with Crippen LogP contribution >= 0.6 is 0 Å². The number of fused-ring (bicyclic) bond motifs is 1. The molecule has 7 heteroatoms. The first-order valence-corrected chi connectivity index (χ1v) is 11.4. The van der Waals surface area contributed by atoms with Gasteiger partial charge in [0, 0.05) is 18.7 Å². The number of carbonyl (C=O) groups is 1. The van der Waals surface area contributed by atoms with Crippen LogP contribution in [0.4, 0.5) is 0 Å². The van der Waals surface area contributed by atoms with Crippen molar-refractivity contribution in [1.29, 1.82) is 0 Å². The molecule has 0 bridgehead atoms. The molecule has 1 N–H and O–H groups in total. The molecule has 0 radical (unpaired) electrons. The number of rotatable bonds is 3. The van der Waals surface area contributed by atoms with Crippen LogP contribution in [0.15, 0.2) is 57.8 Å². The summed E-state index contributed by atoms with van der Waals surface area (Å²) in [5.74, 6) is 0.263. The molecule has 0 saturated carbocycles. The van der Waals surface area contributed by atoms with Crippen LogP contribution < -0.4 is 5.32 Å². The maximum Gasteiger partial charge on any atom is 0.285 e. The number of aryl methyl sites for hydroxylation is 1. The number of nitrogens with zero attached hydrogens (tertiary/aromatic N) is 2. The van der Waals surface area contributed by atoms with E-state index < -0.39 is 10.0 Å². The summed E-state index contributed by atoms with van der Waals surface area (Å²) in [5.41, 5.74) is 2.88. The highest BCUT2D eigenvalue weighted by atomic mass is 32.2. The van der Waals surface area contributed by atoms with Crippen LogP contribution in [0.2, 0.25) is 0 Å². The third-order valence-corrected chi connectivity index (χ3v) is 7.04. The average Bonchev–Trinajstić information content (AvgIpc) is 3.00. The highest BCUT2D eigenvalue weighted by Crippen LogP contribution is 2.30. The lowest BCUT2D eigenvalue weighted by atomic mass is 9.95. The van der Waals surface area contributed by atoms with Crippen molar-refractivity contribution in [2.24, 2.45) is 10.3 Å². The van der Waals surface area contributed by atoms with Gasteiger partial charge in [-0.25, -0.2) is 0 Å². The van der Waals surface area contributed by atoms with Gasteiger partial charge in [0.15, 0.2) is 5.84 Å². The second kappa shape index (κ2) is 7.63. The van der Waals surface area contributed by atoms with E-state index >= 15 is 0 Å². The number of sulfonamides is 1. The predicted octanol–water partition coefficient (Wildman–Crippen LogP) is 3.03. The van der Waals surface area contributed by atoms with Gasteiger partial charge in [0.2, 0.25) is 5.91 Å². The van der Waals surface area contributed by atoms with Crippen LogP contribution in [0.1, 0.15) is 42.5 Å². The normalized spacial score (nSPS) is 21.2. The van der Waals surface area contributed by atoms with E-state index in [0.29, 0.717) is 24.5 Å². The SMILES string of the molecule is Cc1ccccc1[C@H](C)NC(=O)[C@@H]1CCCN(C2=NS(=O)(=O)c3ccccc32)C1. The topological polar surface area (TPSA) is 78.8 Å². The minimum Gasteiger partial charge on any atom is -0.355 e. The second-order valence-electron chi connectivity index (χ2n) is 7.76. The molecule has 2 aromatic rings. The van der Waals surface area contributed by atoms with Crippen molar-refractivity contribution in [3.05, 3.63) is 65.2 Å². The quantitative estimate of drug-likeness (QED) is 0.842. The zero-order chi connectivity index (χ0) is 20.6. The number of hydrogen-bond donors (Lipinski definition) is 1. The molecule has 29 heavy (non-hydrogen) atoms. The van der Waals surface area contributed by atoms with E-state index in [-0.39, 0.29) is 22.8 Å². The number of amides is 1. The number of benzene rings is 2. The minimum atomic E-state index is -3.66. The molecule has 0 aliphatic carbocycles. The fraction of sp³-hybridized carbons (Fsp3) is 0.364. The van der Waals surface area contributed by atoms with Gasteiger partial charge >= 0.3 is 0 Å². The van der Waals surface area contributed by atoms with Gasteiger partial charge in [0.1, 0.15) is 4.90 Å². The molecule has 0 spiro atoms. The number of hydrogen-bond acceptors (Lipinski definition) is 4. The predicted molar refractivity (Wildman–Crippen MR) is 112 cm³/mol. The summed E-state index contributed by atoms with van der Waals surface area (Å²) in [7, 11) is -3.66. The molecule has 2 atom stereocenters. The zero-order valence-electron chi connectivity index (χ0n) is 16.6. The first kappa shape index (κ1) is 19.6. The van der Waals surface area contributed by atoms with Gasteiger partial charge in [-0.2, -0.15) is 8.42 Å². The van der Waals surface area contributed by atoms with Crippen LogP contribution in [0.3, 0.4) is 0 Å². The van der Waals surface area contributed by atoms with Crippen LogP contribution in [0, 0.1) is 12.8 Å². The van der Waals surface area contributed by atoms with Crippen LogP contribution in [0.25, 0.3) is 0 Å². The van der Waals surface area contributed by atoms with Gasteiger partial charge in [0.05, 0.1) is 12.0 Å². The number of carbonyl (C=O) groups excluding carboxylic acids is 1. The molecule has 2 aliphatic rings. The first-order valence-electron chi connectivity index (χ1n) is 9.92. The monoisotopic (exact) mass is 411 g/mol. The van der Waals surface area contributed by atoms with E-state index in [0.717, 1.165) is 24.0 Å². The molecule has 1 saturated heterocycles. The maximum absolute atomic E-state index is 12.9. The molecule has 0 aromatic heterocycles. The Morgan fingerprint density at radius 1 is 1.17 bits per heavy atom. The largest absolute Gasteiger partial charge is 0.355 e. The molecular weight excluding hydrogens is 386 g/mol. The van der Waals surface area contributed by atoms with Crippen molar-refractivity contribution < 1.29 is 13.2 Å². The van der Waals surface area contributed by atoms with Gasteiger partial charge in [-0.05, 0) is 49.9 Å². The van der Waals surface area contributed by atoms with Gasteiger partial charge in [0.25, 0.3) is 10.0 Å². The minimum absolute atomic E-state index is 0.000178. The van der Waals surface area contributed by atoms with E-state index in [1.165, 1.54) is 0 Å².